The lowest BCUT2D eigenvalue weighted by Crippen LogP contribution is -2.50. The molecule has 3 rings (SSSR count). The van der Waals surface area contributed by atoms with Crippen molar-refractivity contribution in [2.75, 3.05) is 18.6 Å². The second-order valence-corrected chi connectivity index (χ2v) is 6.75. The van der Waals surface area contributed by atoms with E-state index in [9.17, 15) is 5.26 Å². The first kappa shape index (κ1) is 15.8. The highest BCUT2D eigenvalue weighted by Gasteiger charge is 2.41. The van der Waals surface area contributed by atoms with Crippen LogP contribution in [-0.2, 0) is 11.2 Å². The number of nitrogens with zero attached hydrogens (tertiary/aromatic N) is 5. The van der Waals surface area contributed by atoms with Crippen LogP contribution in [0.25, 0.3) is 5.65 Å². The highest BCUT2D eigenvalue weighted by molar-refractivity contribution is 5.66. The highest BCUT2D eigenvalue weighted by Crippen LogP contribution is 2.40. The summed E-state index contributed by atoms with van der Waals surface area (Å²) in [6.07, 6.45) is 3.49. The molecule has 3 heterocycles. The van der Waals surface area contributed by atoms with Crippen LogP contribution in [-0.4, -0.2) is 39.9 Å². The van der Waals surface area contributed by atoms with Gasteiger partial charge in [-0.15, -0.1) is 0 Å². The largest absolute Gasteiger partial charge is 0.383 e. The number of aryl methyl sites for hydroxylation is 1. The van der Waals surface area contributed by atoms with Crippen LogP contribution in [0.4, 0.5) is 5.82 Å². The lowest BCUT2D eigenvalue weighted by atomic mass is 9.98. The summed E-state index contributed by atoms with van der Waals surface area (Å²) in [5.74, 6) is 1.06. The van der Waals surface area contributed by atoms with Crippen LogP contribution in [0.2, 0.25) is 0 Å². The van der Waals surface area contributed by atoms with E-state index in [4.69, 9.17) is 4.74 Å². The number of rotatable bonds is 4. The van der Waals surface area contributed by atoms with Crippen molar-refractivity contribution in [2.45, 2.75) is 52.1 Å². The molecule has 0 radical (unpaired) electrons. The summed E-state index contributed by atoms with van der Waals surface area (Å²) in [6, 6.07) is 2.44. The number of fused-ring (bicyclic) bond motifs is 3. The van der Waals surface area contributed by atoms with Crippen molar-refractivity contribution in [3.63, 3.8) is 0 Å². The number of ether oxygens (including phenoxy) is 1. The van der Waals surface area contributed by atoms with Crippen molar-refractivity contribution in [1.29, 1.82) is 5.26 Å². The van der Waals surface area contributed by atoms with Crippen LogP contribution in [0.15, 0.2) is 6.20 Å². The molecule has 1 unspecified atom stereocenters. The summed E-state index contributed by atoms with van der Waals surface area (Å²) in [4.78, 5) is 7.03. The minimum Gasteiger partial charge on any atom is -0.383 e. The minimum atomic E-state index is -0.0338. The fourth-order valence-electron chi connectivity index (χ4n) is 3.46. The molecular formula is C17H23N5O. The van der Waals surface area contributed by atoms with Gasteiger partial charge in [-0.1, -0.05) is 6.92 Å². The van der Waals surface area contributed by atoms with Gasteiger partial charge in [0.2, 0.25) is 0 Å². The van der Waals surface area contributed by atoms with Gasteiger partial charge in [0.05, 0.1) is 18.8 Å². The number of nitriles is 1. The van der Waals surface area contributed by atoms with Crippen LogP contribution in [0.3, 0.4) is 0 Å². The molecule has 0 saturated carbocycles. The molecule has 23 heavy (non-hydrogen) atoms. The summed E-state index contributed by atoms with van der Waals surface area (Å²) in [6.45, 7) is 9.34. The summed E-state index contributed by atoms with van der Waals surface area (Å²) in [5.41, 5.74) is 3.29. The Balaban J connectivity index is 2.28. The molecule has 1 aliphatic heterocycles. The standard InChI is InChI=1S/C17H23N5O/c1-6-17(3,4)21-13(10-23-5)7-14-11(2)20-15-12(8-18)9-19-22(15)16(14)21/h9,13H,6-7,10H2,1-5H3. The van der Waals surface area contributed by atoms with Crippen LogP contribution in [0.5, 0.6) is 0 Å². The van der Waals surface area contributed by atoms with Gasteiger partial charge in [-0.05, 0) is 27.2 Å². The zero-order valence-corrected chi connectivity index (χ0v) is 14.4. The quantitative estimate of drug-likeness (QED) is 0.867. The Labute approximate surface area is 136 Å². The van der Waals surface area contributed by atoms with Crippen molar-refractivity contribution >= 4 is 11.5 Å². The number of hydrogen-bond acceptors (Lipinski definition) is 5. The Morgan fingerprint density at radius 1 is 1.48 bits per heavy atom. The maximum Gasteiger partial charge on any atom is 0.175 e. The molecule has 2 aromatic heterocycles. The molecule has 0 saturated heterocycles. The molecule has 0 amide bonds. The van der Waals surface area contributed by atoms with Gasteiger partial charge in [0.15, 0.2) is 5.65 Å². The van der Waals surface area contributed by atoms with E-state index in [2.05, 4.69) is 41.8 Å². The lowest BCUT2D eigenvalue weighted by Gasteiger charge is -2.41. The third-order valence-corrected chi connectivity index (χ3v) is 4.95. The maximum atomic E-state index is 9.30. The molecule has 1 atom stereocenters. The molecule has 0 fully saturated rings. The first-order valence-electron chi connectivity index (χ1n) is 8.00. The SMILES string of the molecule is CCC(C)(C)N1c2c(c(C)nc3c(C#N)cnn23)CC1COC. The molecule has 1 aliphatic rings. The van der Waals surface area contributed by atoms with E-state index in [1.54, 1.807) is 13.3 Å². The van der Waals surface area contributed by atoms with E-state index in [1.807, 2.05) is 11.4 Å². The Morgan fingerprint density at radius 2 is 2.22 bits per heavy atom. The second-order valence-electron chi connectivity index (χ2n) is 6.75. The van der Waals surface area contributed by atoms with E-state index in [0.717, 1.165) is 24.4 Å². The van der Waals surface area contributed by atoms with Gasteiger partial charge < -0.3 is 9.64 Å². The van der Waals surface area contributed by atoms with E-state index < -0.39 is 0 Å². The summed E-state index contributed by atoms with van der Waals surface area (Å²) >= 11 is 0. The molecule has 122 valence electrons. The average Bonchev–Trinajstić information content (AvgIpc) is 3.09. The molecule has 0 N–H and O–H groups in total. The zero-order chi connectivity index (χ0) is 16.8. The highest BCUT2D eigenvalue weighted by atomic mass is 16.5. The third-order valence-electron chi connectivity index (χ3n) is 4.95. The van der Waals surface area contributed by atoms with Crippen molar-refractivity contribution in [2.24, 2.45) is 0 Å². The van der Waals surface area contributed by atoms with Gasteiger partial charge in [-0.25, -0.2) is 4.98 Å². The van der Waals surface area contributed by atoms with Gasteiger partial charge in [0, 0.05) is 30.3 Å². The maximum absolute atomic E-state index is 9.30. The first-order valence-corrected chi connectivity index (χ1v) is 8.00. The number of aromatic nitrogens is 3. The molecule has 6 nitrogen and oxygen atoms in total. The molecule has 0 spiro atoms. The third kappa shape index (κ3) is 2.27. The second kappa shape index (κ2) is 5.50. The first-order chi connectivity index (χ1) is 10.9. The molecule has 0 bridgehead atoms. The normalized spacial score (nSPS) is 17.6. The van der Waals surface area contributed by atoms with Gasteiger partial charge >= 0.3 is 0 Å². The van der Waals surface area contributed by atoms with E-state index in [-0.39, 0.29) is 11.6 Å². The summed E-state index contributed by atoms with van der Waals surface area (Å²) in [7, 11) is 1.74. The van der Waals surface area contributed by atoms with E-state index in [0.29, 0.717) is 17.8 Å². The van der Waals surface area contributed by atoms with Crippen LogP contribution in [0.1, 0.15) is 44.0 Å². The van der Waals surface area contributed by atoms with Crippen LogP contribution in [0, 0.1) is 18.3 Å². The van der Waals surface area contributed by atoms with Gasteiger partial charge in [-0.3, -0.25) is 0 Å². The molecular weight excluding hydrogens is 290 g/mol. The topological polar surface area (TPSA) is 66.5 Å². The number of hydrogen-bond donors (Lipinski definition) is 0. The average molecular weight is 313 g/mol. The van der Waals surface area contributed by atoms with Crippen molar-refractivity contribution in [1.82, 2.24) is 14.6 Å². The molecule has 0 aliphatic carbocycles. The van der Waals surface area contributed by atoms with Gasteiger partial charge in [0.1, 0.15) is 17.5 Å². The molecule has 2 aromatic rings. The van der Waals surface area contributed by atoms with Crippen molar-refractivity contribution in [3.8, 4) is 6.07 Å². The monoisotopic (exact) mass is 313 g/mol. The minimum absolute atomic E-state index is 0.0338. The van der Waals surface area contributed by atoms with Gasteiger partial charge in [0.25, 0.3) is 0 Å². The predicted molar refractivity (Wildman–Crippen MR) is 88.7 cm³/mol. The Hall–Kier alpha value is -2.13. The summed E-state index contributed by atoms with van der Waals surface area (Å²) < 4.78 is 7.29. The lowest BCUT2D eigenvalue weighted by molar-refractivity contribution is 0.169. The van der Waals surface area contributed by atoms with Gasteiger partial charge in [-0.2, -0.15) is 14.9 Å². The Bertz CT molecular complexity index is 786. The predicted octanol–water partition coefficient (Wildman–Crippen LogP) is 2.48. The Kier molecular flexibility index (Phi) is 3.77. The van der Waals surface area contributed by atoms with Crippen LogP contribution >= 0.6 is 0 Å². The van der Waals surface area contributed by atoms with Crippen molar-refractivity contribution in [3.05, 3.63) is 23.0 Å². The number of anilines is 1. The fourth-order valence-corrected chi connectivity index (χ4v) is 3.46. The van der Waals surface area contributed by atoms with Crippen molar-refractivity contribution < 1.29 is 4.74 Å². The van der Waals surface area contributed by atoms with E-state index in [1.165, 1.54) is 5.56 Å². The zero-order valence-electron chi connectivity index (χ0n) is 14.4. The number of methoxy groups -OCH3 is 1. The molecule has 0 aromatic carbocycles. The summed E-state index contributed by atoms with van der Waals surface area (Å²) in [5, 5.41) is 13.7. The fraction of sp³-hybridized carbons (Fsp3) is 0.588. The van der Waals surface area contributed by atoms with E-state index >= 15 is 0 Å². The molecule has 6 heteroatoms. The smallest absolute Gasteiger partial charge is 0.175 e. The Morgan fingerprint density at radius 3 is 2.83 bits per heavy atom. The van der Waals surface area contributed by atoms with Crippen LogP contribution < -0.4 is 4.90 Å².